The molecule has 0 bridgehead atoms. The molecule has 19 heavy (non-hydrogen) atoms. The van der Waals surface area contributed by atoms with Crippen molar-refractivity contribution in [2.75, 3.05) is 18.0 Å². The van der Waals surface area contributed by atoms with Gasteiger partial charge in [0.15, 0.2) is 0 Å². The van der Waals surface area contributed by atoms with E-state index in [0.29, 0.717) is 5.92 Å². The SMILES string of the molecule is CC(C)(CC1CN(c2ccnc(Cl)n2)C1)OC(N)=O. The zero-order valence-corrected chi connectivity index (χ0v) is 11.7. The second-order valence-corrected chi connectivity index (χ2v) is 5.68. The summed E-state index contributed by atoms with van der Waals surface area (Å²) >= 11 is 5.75. The molecule has 6 nitrogen and oxygen atoms in total. The normalized spacial score (nSPS) is 16.1. The number of aromatic nitrogens is 2. The van der Waals surface area contributed by atoms with Crippen LogP contribution in [0.15, 0.2) is 12.3 Å². The Morgan fingerprint density at radius 2 is 2.32 bits per heavy atom. The van der Waals surface area contributed by atoms with Crippen LogP contribution in [0.3, 0.4) is 0 Å². The number of halogens is 1. The summed E-state index contributed by atoms with van der Waals surface area (Å²) in [5.41, 5.74) is 4.51. The Hall–Kier alpha value is -1.56. The summed E-state index contributed by atoms with van der Waals surface area (Å²) in [6.45, 7) is 5.45. The van der Waals surface area contributed by atoms with Gasteiger partial charge in [0.25, 0.3) is 0 Å². The minimum Gasteiger partial charge on any atom is -0.444 e. The van der Waals surface area contributed by atoms with E-state index >= 15 is 0 Å². The fourth-order valence-electron chi connectivity index (χ4n) is 2.40. The molecule has 1 fully saturated rings. The molecule has 2 rings (SSSR count). The van der Waals surface area contributed by atoms with Crippen molar-refractivity contribution in [3.05, 3.63) is 17.5 Å². The summed E-state index contributed by atoms with van der Waals surface area (Å²) in [6, 6.07) is 1.83. The maximum atomic E-state index is 10.8. The third-order valence-corrected chi connectivity index (χ3v) is 3.23. The highest BCUT2D eigenvalue weighted by molar-refractivity contribution is 6.28. The van der Waals surface area contributed by atoms with Gasteiger partial charge in [-0.25, -0.2) is 14.8 Å². The van der Waals surface area contributed by atoms with Crippen molar-refractivity contribution >= 4 is 23.5 Å². The first kappa shape index (κ1) is 13.9. The average molecular weight is 285 g/mol. The highest BCUT2D eigenvalue weighted by Gasteiger charge is 2.34. The molecule has 1 aliphatic rings. The van der Waals surface area contributed by atoms with Gasteiger partial charge < -0.3 is 15.4 Å². The lowest BCUT2D eigenvalue weighted by molar-refractivity contribution is 0.0230. The van der Waals surface area contributed by atoms with Gasteiger partial charge >= 0.3 is 6.09 Å². The first-order chi connectivity index (χ1) is 8.85. The number of primary amides is 1. The molecule has 0 spiro atoms. The van der Waals surface area contributed by atoms with Crippen LogP contribution in [0.25, 0.3) is 0 Å². The first-order valence-electron chi connectivity index (χ1n) is 6.08. The zero-order chi connectivity index (χ0) is 14.0. The number of hydrogen-bond donors (Lipinski definition) is 1. The van der Waals surface area contributed by atoms with Crippen LogP contribution in [0.2, 0.25) is 5.28 Å². The number of anilines is 1. The van der Waals surface area contributed by atoms with Crippen LogP contribution in [0, 0.1) is 5.92 Å². The van der Waals surface area contributed by atoms with Gasteiger partial charge in [0.1, 0.15) is 11.4 Å². The predicted octanol–water partition coefficient (Wildman–Crippen LogP) is 1.83. The molecule has 0 unspecified atom stereocenters. The Kier molecular flexibility index (Phi) is 3.80. The predicted molar refractivity (Wildman–Crippen MR) is 72.1 cm³/mol. The van der Waals surface area contributed by atoms with Gasteiger partial charge in [0.05, 0.1) is 0 Å². The maximum absolute atomic E-state index is 10.8. The van der Waals surface area contributed by atoms with Gasteiger partial charge in [0, 0.05) is 19.3 Å². The smallest absolute Gasteiger partial charge is 0.405 e. The van der Waals surface area contributed by atoms with Crippen LogP contribution in [-0.2, 0) is 4.74 Å². The quantitative estimate of drug-likeness (QED) is 0.853. The molecule has 0 radical (unpaired) electrons. The van der Waals surface area contributed by atoms with Gasteiger partial charge in [0.2, 0.25) is 5.28 Å². The molecule has 1 saturated heterocycles. The Morgan fingerprint density at radius 3 is 2.89 bits per heavy atom. The Labute approximate surface area is 116 Å². The van der Waals surface area contributed by atoms with E-state index in [9.17, 15) is 4.79 Å². The van der Waals surface area contributed by atoms with Crippen molar-refractivity contribution in [2.45, 2.75) is 25.9 Å². The second-order valence-electron chi connectivity index (χ2n) is 5.34. The Balaban J connectivity index is 1.85. The molecule has 1 aliphatic heterocycles. The fraction of sp³-hybridized carbons (Fsp3) is 0.583. The molecule has 2 heterocycles. The van der Waals surface area contributed by atoms with E-state index in [1.165, 1.54) is 0 Å². The lowest BCUT2D eigenvalue weighted by Crippen LogP contribution is -2.50. The number of nitrogens with two attached hydrogens (primary N) is 1. The average Bonchev–Trinajstić information content (AvgIpc) is 2.21. The molecular formula is C12H17ClN4O2. The fourth-order valence-corrected chi connectivity index (χ4v) is 2.54. The van der Waals surface area contributed by atoms with Crippen LogP contribution < -0.4 is 10.6 Å². The van der Waals surface area contributed by atoms with E-state index in [1.807, 2.05) is 19.9 Å². The summed E-state index contributed by atoms with van der Waals surface area (Å²) in [7, 11) is 0. The summed E-state index contributed by atoms with van der Waals surface area (Å²) in [5, 5.41) is 0.248. The molecule has 1 amide bonds. The number of hydrogen-bond acceptors (Lipinski definition) is 5. The molecule has 0 atom stereocenters. The minimum atomic E-state index is -0.733. The van der Waals surface area contributed by atoms with Crippen molar-refractivity contribution in [2.24, 2.45) is 11.7 Å². The third-order valence-electron chi connectivity index (χ3n) is 3.05. The highest BCUT2D eigenvalue weighted by atomic mass is 35.5. The van der Waals surface area contributed by atoms with Crippen LogP contribution in [0.1, 0.15) is 20.3 Å². The number of rotatable bonds is 4. The lowest BCUT2D eigenvalue weighted by Gasteiger charge is -2.43. The number of ether oxygens (including phenoxy) is 1. The van der Waals surface area contributed by atoms with Gasteiger partial charge in [-0.2, -0.15) is 0 Å². The van der Waals surface area contributed by atoms with E-state index in [1.54, 1.807) is 6.20 Å². The summed E-state index contributed by atoms with van der Waals surface area (Å²) in [6.07, 6.45) is 1.67. The largest absolute Gasteiger partial charge is 0.444 e. The standard InChI is InChI=1S/C12H17ClN4O2/c1-12(2,19-11(14)18)5-8-6-17(7-8)9-3-4-15-10(13)16-9/h3-4,8H,5-7H2,1-2H3,(H2,14,18). The highest BCUT2D eigenvalue weighted by Crippen LogP contribution is 2.30. The second kappa shape index (κ2) is 5.21. The molecule has 0 saturated carbocycles. The maximum Gasteiger partial charge on any atom is 0.405 e. The van der Waals surface area contributed by atoms with Crippen LogP contribution in [0.4, 0.5) is 10.6 Å². The third kappa shape index (κ3) is 3.70. The van der Waals surface area contributed by atoms with E-state index in [0.717, 1.165) is 25.3 Å². The van der Waals surface area contributed by atoms with E-state index in [2.05, 4.69) is 14.9 Å². The minimum absolute atomic E-state index is 0.248. The molecule has 104 valence electrons. The van der Waals surface area contributed by atoms with Gasteiger partial charge in [-0.05, 0) is 43.9 Å². The number of carbonyl (C=O) groups excluding carboxylic acids is 1. The first-order valence-corrected chi connectivity index (χ1v) is 6.45. The van der Waals surface area contributed by atoms with Crippen molar-refractivity contribution < 1.29 is 9.53 Å². The van der Waals surface area contributed by atoms with Crippen molar-refractivity contribution in [3.8, 4) is 0 Å². The van der Waals surface area contributed by atoms with Crippen molar-refractivity contribution in [1.29, 1.82) is 0 Å². The monoisotopic (exact) mass is 284 g/mol. The zero-order valence-electron chi connectivity index (χ0n) is 11.0. The molecular weight excluding hydrogens is 268 g/mol. The molecule has 1 aromatic rings. The molecule has 0 aromatic carbocycles. The molecule has 0 aliphatic carbocycles. The topological polar surface area (TPSA) is 81.3 Å². The molecule has 7 heteroatoms. The number of nitrogens with zero attached hydrogens (tertiary/aromatic N) is 3. The van der Waals surface area contributed by atoms with Crippen molar-refractivity contribution in [1.82, 2.24) is 9.97 Å². The summed E-state index contributed by atoms with van der Waals surface area (Å²) in [4.78, 5) is 20.9. The number of carbonyl (C=O) groups is 1. The summed E-state index contributed by atoms with van der Waals surface area (Å²) in [5.74, 6) is 1.27. The van der Waals surface area contributed by atoms with E-state index < -0.39 is 11.7 Å². The Bertz CT molecular complexity index is 475. The van der Waals surface area contributed by atoms with Gasteiger partial charge in [-0.3, -0.25) is 0 Å². The summed E-state index contributed by atoms with van der Waals surface area (Å²) < 4.78 is 5.08. The van der Waals surface area contributed by atoms with Crippen molar-refractivity contribution in [3.63, 3.8) is 0 Å². The molecule has 1 aromatic heterocycles. The van der Waals surface area contributed by atoms with Crippen LogP contribution >= 0.6 is 11.6 Å². The van der Waals surface area contributed by atoms with Crippen LogP contribution in [-0.4, -0.2) is 34.8 Å². The number of amides is 1. The van der Waals surface area contributed by atoms with E-state index in [4.69, 9.17) is 22.1 Å². The molecule has 2 N–H and O–H groups in total. The lowest BCUT2D eigenvalue weighted by atomic mass is 9.87. The Morgan fingerprint density at radius 1 is 1.63 bits per heavy atom. The van der Waals surface area contributed by atoms with Gasteiger partial charge in [-0.1, -0.05) is 0 Å². The van der Waals surface area contributed by atoms with Gasteiger partial charge in [-0.15, -0.1) is 0 Å². The van der Waals surface area contributed by atoms with Crippen LogP contribution in [0.5, 0.6) is 0 Å². The van der Waals surface area contributed by atoms with E-state index in [-0.39, 0.29) is 5.28 Å².